The largest absolute Gasteiger partial charge is 0.450 e. The van der Waals surface area contributed by atoms with Gasteiger partial charge in [-0.1, -0.05) is 67.6 Å². The summed E-state index contributed by atoms with van der Waals surface area (Å²) in [6.07, 6.45) is 4.15. The van der Waals surface area contributed by atoms with E-state index in [9.17, 15) is 4.79 Å². The summed E-state index contributed by atoms with van der Waals surface area (Å²) in [7, 11) is 2.17. The number of carbonyl (C=O) groups excluding carboxylic acids is 1. The van der Waals surface area contributed by atoms with Crippen molar-refractivity contribution in [1.29, 1.82) is 0 Å². The summed E-state index contributed by atoms with van der Waals surface area (Å²) in [5, 5.41) is 0. The molecule has 2 saturated heterocycles. The molecule has 2 aliphatic rings. The van der Waals surface area contributed by atoms with Crippen molar-refractivity contribution in [2.24, 2.45) is 5.41 Å². The van der Waals surface area contributed by atoms with Gasteiger partial charge in [0, 0.05) is 50.1 Å². The molecule has 0 radical (unpaired) electrons. The van der Waals surface area contributed by atoms with Gasteiger partial charge in [0.1, 0.15) is 5.60 Å². The second-order valence-corrected chi connectivity index (χ2v) is 9.78. The van der Waals surface area contributed by atoms with E-state index in [1.165, 1.54) is 0 Å². The van der Waals surface area contributed by atoms with Crippen LogP contribution in [0.3, 0.4) is 0 Å². The number of ether oxygens (including phenoxy) is 2. The molecule has 3 unspecified atom stereocenters. The first-order valence-corrected chi connectivity index (χ1v) is 11.9. The van der Waals surface area contributed by atoms with Gasteiger partial charge in [-0.05, 0) is 31.2 Å². The Morgan fingerprint density at radius 3 is 2.39 bits per heavy atom. The van der Waals surface area contributed by atoms with Crippen LogP contribution in [0.2, 0.25) is 0 Å². The van der Waals surface area contributed by atoms with E-state index in [0.717, 1.165) is 56.9 Å². The van der Waals surface area contributed by atoms with Crippen molar-refractivity contribution in [3.63, 3.8) is 0 Å². The third-order valence-electron chi connectivity index (χ3n) is 7.31. The van der Waals surface area contributed by atoms with Crippen molar-refractivity contribution in [3.05, 3.63) is 77.9 Å². The molecule has 0 N–H and O–H groups in total. The van der Waals surface area contributed by atoms with Gasteiger partial charge in [-0.2, -0.15) is 0 Å². The van der Waals surface area contributed by atoms with Crippen LogP contribution in [0.15, 0.2) is 66.7 Å². The Morgan fingerprint density at radius 2 is 1.73 bits per heavy atom. The molecule has 0 bridgehead atoms. The molecule has 0 spiro atoms. The number of morpholine rings is 1. The normalized spacial score (nSPS) is 29.2. The fourth-order valence-electron chi connectivity index (χ4n) is 5.41. The minimum Gasteiger partial charge on any atom is -0.450 e. The molecule has 0 amide bonds. The Balaban J connectivity index is 1.70. The lowest BCUT2D eigenvalue weighted by molar-refractivity contribution is -0.198. The highest BCUT2D eigenvalue weighted by atomic mass is 16.6. The maximum atomic E-state index is 13.3. The van der Waals surface area contributed by atoms with Gasteiger partial charge in [0.15, 0.2) is 0 Å². The van der Waals surface area contributed by atoms with Gasteiger partial charge < -0.3 is 14.4 Å². The van der Waals surface area contributed by atoms with Crippen molar-refractivity contribution in [1.82, 2.24) is 9.80 Å². The zero-order chi connectivity index (χ0) is 23.3. The zero-order valence-corrected chi connectivity index (χ0v) is 20.1. The summed E-state index contributed by atoms with van der Waals surface area (Å²) in [6, 6.07) is 20.5. The molecular formula is C28H36N2O3. The summed E-state index contributed by atoms with van der Waals surface area (Å²) in [4.78, 5) is 18.1. The van der Waals surface area contributed by atoms with E-state index < -0.39 is 5.60 Å². The molecule has 0 aliphatic carbocycles. The fourth-order valence-corrected chi connectivity index (χ4v) is 5.41. The van der Waals surface area contributed by atoms with E-state index >= 15 is 0 Å². The molecule has 2 heterocycles. The summed E-state index contributed by atoms with van der Waals surface area (Å²) >= 11 is 0. The van der Waals surface area contributed by atoms with Crippen LogP contribution in [-0.2, 0) is 19.9 Å². The number of benzene rings is 2. The number of nitrogens with zero attached hydrogens (tertiary/aromatic N) is 2. The van der Waals surface area contributed by atoms with E-state index in [4.69, 9.17) is 9.47 Å². The SMILES string of the molecule is CC1CC(OC(=O)/C=C/c2ccccc2)(c2ccccc2)C(C)(CN2CCOCC2)CN1C. The first kappa shape index (κ1) is 23.7. The first-order valence-electron chi connectivity index (χ1n) is 11.9. The minimum absolute atomic E-state index is 0.286. The Morgan fingerprint density at radius 1 is 1.09 bits per heavy atom. The number of esters is 1. The second-order valence-electron chi connectivity index (χ2n) is 9.78. The molecule has 2 aromatic rings. The van der Waals surface area contributed by atoms with Crippen LogP contribution < -0.4 is 0 Å². The van der Waals surface area contributed by atoms with Gasteiger partial charge in [-0.3, -0.25) is 4.90 Å². The van der Waals surface area contributed by atoms with Gasteiger partial charge in [-0.25, -0.2) is 4.79 Å². The molecule has 5 heteroatoms. The summed E-state index contributed by atoms with van der Waals surface area (Å²) in [5.41, 5.74) is 1.04. The predicted molar refractivity (Wildman–Crippen MR) is 132 cm³/mol. The Labute approximate surface area is 198 Å². The van der Waals surface area contributed by atoms with E-state index in [-0.39, 0.29) is 17.4 Å². The second kappa shape index (κ2) is 10.2. The number of hydrogen-bond acceptors (Lipinski definition) is 5. The molecule has 0 saturated carbocycles. The number of piperidine rings is 1. The van der Waals surface area contributed by atoms with Gasteiger partial charge in [0.2, 0.25) is 0 Å². The van der Waals surface area contributed by atoms with Crippen LogP contribution in [0, 0.1) is 5.41 Å². The summed E-state index contributed by atoms with van der Waals surface area (Å²) < 4.78 is 12.1. The van der Waals surface area contributed by atoms with E-state index in [1.54, 1.807) is 6.08 Å². The molecular weight excluding hydrogens is 412 g/mol. The maximum absolute atomic E-state index is 13.3. The predicted octanol–water partition coefficient (Wildman–Crippen LogP) is 4.20. The van der Waals surface area contributed by atoms with E-state index in [1.807, 2.05) is 54.6 Å². The third kappa shape index (κ3) is 5.21. The van der Waals surface area contributed by atoms with Crippen LogP contribution in [-0.4, -0.2) is 68.3 Å². The standard InChI is InChI=1S/C28H36N2O3/c1-23-20-28(25-12-8-5-9-13-25,33-26(31)15-14-24-10-6-4-7-11-24)27(2,21-29(23)3)22-30-16-18-32-19-17-30/h4-15,23H,16-22H2,1-3H3/b15-14+. The topological polar surface area (TPSA) is 42.0 Å². The maximum Gasteiger partial charge on any atom is 0.331 e. The smallest absolute Gasteiger partial charge is 0.331 e. The third-order valence-corrected chi connectivity index (χ3v) is 7.31. The van der Waals surface area contributed by atoms with E-state index in [2.05, 4.69) is 42.8 Å². The zero-order valence-electron chi connectivity index (χ0n) is 20.1. The van der Waals surface area contributed by atoms with Gasteiger partial charge >= 0.3 is 5.97 Å². The highest BCUT2D eigenvalue weighted by Gasteiger charge is 2.57. The lowest BCUT2D eigenvalue weighted by atomic mass is 9.63. The first-order chi connectivity index (χ1) is 15.9. The Bertz CT molecular complexity index is 942. The van der Waals surface area contributed by atoms with Gasteiger partial charge in [0.25, 0.3) is 0 Å². The van der Waals surface area contributed by atoms with Crippen molar-refractivity contribution in [2.75, 3.05) is 46.4 Å². The minimum atomic E-state index is -0.726. The van der Waals surface area contributed by atoms with Crippen molar-refractivity contribution >= 4 is 12.0 Å². The number of hydrogen-bond donors (Lipinski definition) is 0. The van der Waals surface area contributed by atoms with Gasteiger partial charge in [-0.15, -0.1) is 0 Å². The molecule has 5 nitrogen and oxygen atoms in total. The fraction of sp³-hybridized carbons (Fsp3) is 0.464. The monoisotopic (exact) mass is 448 g/mol. The van der Waals surface area contributed by atoms with Crippen LogP contribution in [0.5, 0.6) is 0 Å². The van der Waals surface area contributed by atoms with Crippen molar-refractivity contribution in [3.8, 4) is 0 Å². The average molecular weight is 449 g/mol. The van der Waals surface area contributed by atoms with Crippen molar-refractivity contribution in [2.45, 2.75) is 31.9 Å². The summed E-state index contributed by atoms with van der Waals surface area (Å²) in [5.74, 6) is -0.298. The number of rotatable bonds is 6. The highest BCUT2D eigenvalue weighted by molar-refractivity contribution is 5.87. The lowest BCUT2D eigenvalue weighted by Crippen LogP contribution is -2.64. The highest BCUT2D eigenvalue weighted by Crippen LogP contribution is 2.51. The van der Waals surface area contributed by atoms with Crippen molar-refractivity contribution < 1.29 is 14.3 Å². The number of likely N-dealkylation sites (tertiary alicyclic amines) is 1. The molecule has 2 aliphatic heterocycles. The Hall–Kier alpha value is -2.47. The van der Waals surface area contributed by atoms with Crippen LogP contribution >= 0.6 is 0 Å². The molecule has 3 atom stereocenters. The molecule has 4 rings (SSSR count). The van der Waals surface area contributed by atoms with E-state index in [0.29, 0.717) is 0 Å². The van der Waals surface area contributed by atoms with Crippen LogP contribution in [0.25, 0.3) is 6.08 Å². The molecule has 2 fully saturated rings. The lowest BCUT2D eigenvalue weighted by Gasteiger charge is -2.57. The number of carbonyl (C=O) groups is 1. The van der Waals surface area contributed by atoms with Crippen LogP contribution in [0.4, 0.5) is 0 Å². The quantitative estimate of drug-likeness (QED) is 0.489. The van der Waals surface area contributed by atoms with Gasteiger partial charge in [0.05, 0.1) is 13.2 Å². The summed E-state index contributed by atoms with van der Waals surface area (Å²) in [6.45, 7) is 9.50. The molecule has 33 heavy (non-hydrogen) atoms. The molecule has 176 valence electrons. The average Bonchev–Trinajstić information content (AvgIpc) is 2.83. The Kier molecular flexibility index (Phi) is 7.32. The molecule has 2 aromatic carbocycles. The molecule has 0 aromatic heterocycles. The van der Waals surface area contributed by atoms with Crippen LogP contribution in [0.1, 0.15) is 31.4 Å².